The zero-order valence-electron chi connectivity index (χ0n) is 13.0. The fraction of sp³-hybridized carbons (Fsp3) is 0.353. The number of carbonyl (C=O) groups is 1. The van der Waals surface area contributed by atoms with E-state index in [-0.39, 0.29) is 12.5 Å². The van der Waals surface area contributed by atoms with Gasteiger partial charge in [0.15, 0.2) is 6.61 Å². The lowest BCUT2D eigenvalue weighted by Gasteiger charge is -2.10. The number of benzene rings is 1. The first kappa shape index (κ1) is 17.3. The number of thiophene rings is 1. The number of aliphatic hydroxyl groups is 1. The Hall–Kier alpha value is -2.05. The van der Waals surface area contributed by atoms with Gasteiger partial charge in [-0.2, -0.15) is 0 Å². The molecule has 0 aliphatic heterocycles. The van der Waals surface area contributed by atoms with E-state index in [2.05, 4.69) is 5.32 Å². The van der Waals surface area contributed by atoms with Crippen LogP contribution in [0.3, 0.4) is 0 Å². The van der Waals surface area contributed by atoms with Crippen molar-refractivity contribution in [2.45, 2.75) is 19.4 Å². The lowest BCUT2D eigenvalue weighted by atomic mass is 10.2. The van der Waals surface area contributed by atoms with Gasteiger partial charge in [0.25, 0.3) is 5.91 Å². The Kier molecular flexibility index (Phi) is 6.90. The molecule has 1 aromatic heterocycles. The molecule has 2 aromatic rings. The van der Waals surface area contributed by atoms with Crippen LogP contribution in [0.1, 0.15) is 24.3 Å². The second-order valence-electron chi connectivity index (χ2n) is 4.86. The molecule has 0 fully saturated rings. The Morgan fingerprint density at radius 3 is 2.52 bits per heavy atom. The molecule has 1 unspecified atom stereocenters. The van der Waals surface area contributed by atoms with Gasteiger partial charge in [-0.25, -0.2) is 0 Å². The molecule has 1 amide bonds. The van der Waals surface area contributed by atoms with Crippen LogP contribution < -0.4 is 14.8 Å². The minimum Gasteiger partial charge on any atom is -0.494 e. The van der Waals surface area contributed by atoms with Gasteiger partial charge in [-0.1, -0.05) is 6.07 Å². The first-order valence-corrected chi connectivity index (χ1v) is 8.41. The van der Waals surface area contributed by atoms with Crippen molar-refractivity contribution in [2.24, 2.45) is 0 Å². The number of carbonyl (C=O) groups excluding carboxylic acids is 1. The van der Waals surface area contributed by atoms with Gasteiger partial charge in [0.05, 0.1) is 12.7 Å². The highest BCUT2D eigenvalue weighted by Crippen LogP contribution is 2.21. The first-order chi connectivity index (χ1) is 11.2. The maximum Gasteiger partial charge on any atom is 0.257 e. The summed E-state index contributed by atoms with van der Waals surface area (Å²) in [6, 6.07) is 10.9. The molecule has 0 radical (unpaired) electrons. The average Bonchev–Trinajstić information content (AvgIpc) is 3.09. The lowest BCUT2D eigenvalue weighted by molar-refractivity contribution is -0.123. The number of hydrogen-bond acceptors (Lipinski definition) is 5. The summed E-state index contributed by atoms with van der Waals surface area (Å²) < 4.78 is 10.7. The van der Waals surface area contributed by atoms with Crippen LogP contribution in [0.2, 0.25) is 0 Å². The van der Waals surface area contributed by atoms with E-state index in [4.69, 9.17) is 9.47 Å². The Morgan fingerprint density at radius 1 is 1.22 bits per heavy atom. The highest BCUT2D eigenvalue weighted by atomic mass is 32.1. The summed E-state index contributed by atoms with van der Waals surface area (Å²) in [6.45, 7) is 2.89. The van der Waals surface area contributed by atoms with Crippen LogP contribution in [0.4, 0.5) is 0 Å². The molecule has 1 atom stereocenters. The number of hydrogen-bond donors (Lipinski definition) is 2. The molecular weight excluding hydrogens is 314 g/mol. The van der Waals surface area contributed by atoms with Gasteiger partial charge in [-0.05, 0) is 49.1 Å². The van der Waals surface area contributed by atoms with Crippen molar-refractivity contribution in [3.8, 4) is 11.5 Å². The largest absolute Gasteiger partial charge is 0.494 e. The molecule has 2 rings (SSSR count). The van der Waals surface area contributed by atoms with Crippen molar-refractivity contribution in [3.63, 3.8) is 0 Å². The molecule has 1 aromatic carbocycles. The highest BCUT2D eigenvalue weighted by Gasteiger charge is 2.09. The fourth-order valence-corrected chi connectivity index (χ4v) is 2.72. The molecule has 0 aliphatic rings. The van der Waals surface area contributed by atoms with Crippen molar-refractivity contribution < 1.29 is 19.4 Å². The number of aliphatic hydroxyl groups excluding tert-OH is 1. The van der Waals surface area contributed by atoms with Crippen LogP contribution in [0.15, 0.2) is 41.8 Å². The average molecular weight is 335 g/mol. The van der Waals surface area contributed by atoms with Gasteiger partial charge < -0.3 is 19.9 Å². The monoisotopic (exact) mass is 335 g/mol. The smallest absolute Gasteiger partial charge is 0.257 e. The summed E-state index contributed by atoms with van der Waals surface area (Å²) in [7, 11) is 0. The molecule has 0 spiro atoms. The van der Waals surface area contributed by atoms with Gasteiger partial charge in [0.2, 0.25) is 0 Å². The standard InChI is InChI=1S/C17H21NO4S/c1-2-21-13-5-7-14(8-6-13)22-12-17(20)18-10-9-15(19)16-4-3-11-23-16/h3-8,11,15,19H,2,9-10,12H2,1H3,(H,18,20). The second-order valence-corrected chi connectivity index (χ2v) is 5.84. The summed E-state index contributed by atoms with van der Waals surface area (Å²) >= 11 is 1.50. The van der Waals surface area contributed by atoms with Crippen LogP contribution in [0.25, 0.3) is 0 Å². The zero-order chi connectivity index (χ0) is 16.5. The van der Waals surface area contributed by atoms with Crippen LogP contribution in [0.5, 0.6) is 11.5 Å². The van der Waals surface area contributed by atoms with Crippen LogP contribution in [-0.4, -0.2) is 30.8 Å². The number of rotatable bonds is 9. The summed E-state index contributed by atoms with van der Waals surface area (Å²) in [4.78, 5) is 12.6. The maximum atomic E-state index is 11.7. The van der Waals surface area contributed by atoms with E-state index < -0.39 is 6.10 Å². The Labute approximate surface area is 139 Å². The number of nitrogens with one attached hydrogen (secondary N) is 1. The number of amides is 1. The summed E-state index contributed by atoms with van der Waals surface area (Å²) in [5.41, 5.74) is 0. The van der Waals surface area contributed by atoms with Gasteiger partial charge in [0.1, 0.15) is 11.5 Å². The molecule has 124 valence electrons. The molecule has 5 nitrogen and oxygen atoms in total. The third-order valence-corrected chi connectivity index (χ3v) is 4.09. The van der Waals surface area contributed by atoms with E-state index >= 15 is 0 Å². The fourth-order valence-electron chi connectivity index (χ4n) is 1.97. The SMILES string of the molecule is CCOc1ccc(OCC(=O)NCCC(O)c2cccs2)cc1. The maximum absolute atomic E-state index is 11.7. The quantitative estimate of drug-likeness (QED) is 0.739. The lowest BCUT2D eigenvalue weighted by Crippen LogP contribution is -2.30. The summed E-state index contributed by atoms with van der Waals surface area (Å²) in [5.74, 6) is 1.17. The zero-order valence-corrected chi connectivity index (χ0v) is 13.8. The topological polar surface area (TPSA) is 67.8 Å². The van der Waals surface area contributed by atoms with Crippen molar-refractivity contribution in [1.82, 2.24) is 5.32 Å². The first-order valence-electron chi connectivity index (χ1n) is 7.53. The van der Waals surface area contributed by atoms with Gasteiger partial charge in [0, 0.05) is 11.4 Å². The van der Waals surface area contributed by atoms with Gasteiger partial charge >= 0.3 is 0 Å². The predicted molar refractivity (Wildman–Crippen MR) is 90.0 cm³/mol. The Balaban J connectivity index is 1.64. The Bertz CT molecular complexity index is 583. The van der Waals surface area contributed by atoms with E-state index in [0.717, 1.165) is 10.6 Å². The molecule has 1 heterocycles. The minimum atomic E-state index is -0.540. The highest BCUT2D eigenvalue weighted by molar-refractivity contribution is 7.10. The second kappa shape index (κ2) is 9.17. The summed E-state index contributed by atoms with van der Waals surface area (Å²) in [5, 5.41) is 14.6. The van der Waals surface area contributed by atoms with Crippen LogP contribution in [-0.2, 0) is 4.79 Å². The van der Waals surface area contributed by atoms with Crippen molar-refractivity contribution in [1.29, 1.82) is 0 Å². The predicted octanol–water partition coefficient (Wildman–Crippen LogP) is 2.77. The molecule has 23 heavy (non-hydrogen) atoms. The third-order valence-electron chi connectivity index (χ3n) is 3.12. The Morgan fingerprint density at radius 2 is 1.91 bits per heavy atom. The van der Waals surface area contributed by atoms with E-state index in [9.17, 15) is 9.90 Å². The van der Waals surface area contributed by atoms with Crippen LogP contribution >= 0.6 is 11.3 Å². The molecule has 2 N–H and O–H groups in total. The van der Waals surface area contributed by atoms with Crippen LogP contribution in [0, 0.1) is 0 Å². The summed E-state index contributed by atoms with van der Waals surface area (Å²) in [6.07, 6.45) is -0.0581. The van der Waals surface area contributed by atoms with Gasteiger partial charge in [-0.15, -0.1) is 11.3 Å². The van der Waals surface area contributed by atoms with E-state index in [1.165, 1.54) is 11.3 Å². The molecule has 0 bridgehead atoms. The van der Waals surface area contributed by atoms with Crippen molar-refractivity contribution >= 4 is 17.2 Å². The van der Waals surface area contributed by atoms with E-state index in [1.54, 1.807) is 24.3 Å². The van der Waals surface area contributed by atoms with E-state index in [1.807, 2.05) is 24.4 Å². The van der Waals surface area contributed by atoms with Crippen molar-refractivity contribution in [2.75, 3.05) is 19.8 Å². The van der Waals surface area contributed by atoms with Crippen molar-refractivity contribution in [3.05, 3.63) is 46.7 Å². The van der Waals surface area contributed by atoms with Gasteiger partial charge in [-0.3, -0.25) is 4.79 Å². The molecule has 6 heteroatoms. The molecule has 0 saturated heterocycles. The third kappa shape index (κ3) is 5.92. The molecule has 0 aliphatic carbocycles. The number of ether oxygens (including phenoxy) is 2. The normalized spacial score (nSPS) is 11.7. The molecule has 0 saturated carbocycles. The minimum absolute atomic E-state index is 0.0525. The van der Waals surface area contributed by atoms with E-state index in [0.29, 0.717) is 25.3 Å². The molecular formula is C17H21NO4S.